The van der Waals surface area contributed by atoms with Crippen LogP contribution in [-0.4, -0.2) is 30.8 Å². The number of rotatable bonds is 4. The van der Waals surface area contributed by atoms with E-state index in [0.29, 0.717) is 11.3 Å². The average molecular weight is 380 g/mol. The van der Waals surface area contributed by atoms with Crippen molar-refractivity contribution in [2.45, 2.75) is 26.2 Å². The lowest BCUT2D eigenvalue weighted by Crippen LogP contribution is -2.50. The van der Waals surface area contributed by atoms with Crippen molar-refractivity contribution in [2.24, 2.45) is 5.73 Å². The number of amides is 1. The average Bonchev–Trinajstić information content (AvgIpc) is 2.85. The molecule has 0 radical (unpaired) electrons. The van der Waals surface area contributed by atoms with Crippen LogP contribution in [0, 0.1) is 12.3 Å². The van der Waals surface area contributed by atoms with Gasteiger partial charge in [0.1, 0.15) is 16.7 Å². The van der Waals surface area contributed by atoms with E-state index in [4.69, 9.17) is 21.6 Å². The normalized spacial score (nSPS) is 20.8. The molecule has 3 rings (SSSR count). The topological polar surface area (TPSA) is 98.9 Å². The van der Waals surface area contributed by atoms with Crippen LogP contribution in [0.1, 0.15) is 26.3 Å². The van der Waals surface area contributed by atoms with Gasteiger partial charge in [-0.1, -0.05) is 24.1 Å². The lowest BCUT2D eigenvalue weighted by atomic mass is 9.66. The Hall–Kier alpha value is -3.53. The Morgan fingerprint density at radius 2 is 2.00 bits per heavy atom. The van der Waals surface area contributed by atoms with Crippen LogP contribution in [0.25, 0.3) is 0 Å². The van der Waals surface area contributed by atoms with Crippen LogP contribution in [0.5, 0.6) is 0 Å². The Morgan fingerprint density at radius 3 is 2.61 bits per heavy atom. The molecule has 1 unspecified atom stereocenters. The molecular weight excluding hydrogens is 360 g/mol. The van der Waals surface area contributed by atoms with Crippen molar-refractivity contribution in [3.8, 4) is 12.3 Å². The molecule has 1 spiro atoms. The van der Waals surface area contributed by atoms with Crippen molar-refractivity contribution in [3.63, 3.8) is 0 Å². The van der Waals surface area contributed by atoms with E-state index in [2.05, 4.69) is 5.92 Å². The van der Waals surface area contributed by atoms with Gasteiger partial charge in [-0.3, -0.25) is 14.5 Å². The molecule has 1 amide bonds. The second kappa shape index (κ2) is 6.89. The first-order valence-corrected chi connectivity index (χ1v) is 8.74. The second-order valence-electron chi connectivity index (χ2n) is 6.41. The van der Waals surface area contributed by atoms with Crippen molar-refractivity contribution < 1.29 is 23.9 Å². The smallest absolute Gasteiger partial charge is 0.341 e. The van der Waals surface area contributed by atoms with Gasteiger partial charge in [-0.25, -0.2) is 4.79 Å². The summed E-state index contributed by atoms with van der Waals surface area (Å²) in [7, 11) is 0. The largest absolute Gasteiger partial charge is 0.462 e. The van der Waals surface area contributed by atoms with Crippen LogP contribution in [0.15, 0.2) is 47.1 Å². The summed E-state index contributed by atoms with van der Waals surface area (Å²) >= 11 is 0. The summed E-state index contributed by atoms with van der Waals surface area (Å²) in [6.45, 7) is 4.51. The van der Waals surface area contributed by atoms with Gasteiger partial charge in [0.25, 0.3) is 0 Å². The van der Waals surface area contributed by atoms with E-state index in [-0.39, 0.29) is 35.9 Å². The molecule has 2 N–H and O–H groups in total. The minimum absolute atomic E-state index is 0.0291. The minimum atomic E-state index is -1.77. The molecule has 2 aliphatic heterocycles. The maximum Gasteiger partial charge on any atom is 0.341 e. The number of para-hydroxylation sites is 1. The number of allylic oxidation sites excluding steroid dienone is 1. The summed E-state index contributed by atoms with van der Waals surface area (Å²) in [5, 5.41) is 0. The van der Waals surface area contributed by atoms with Crippen LogP contribution < -0.4 is 10.6 Å². The molecular formula is C21H20N2O5. The quantitative estimate of drug-likeness (QED) is 0.628. The fraction of sp³-hybridized carbons (Fsp3) is 0.286. The van der Waals surface area contributed by atoms with Gasteiger partial charge in [0.15, 0.2) is 5.78 Å². The summed E-state index contributed by atoms with van der Waals surface area (Å²) in [6.07, 6.45) is 5.46. The van der Waals surface area contributed by atoms with Gasteiger partial charge in [0.2, 0.25) is 11.8 Å². The molecule has 28 heavy (non-hydrogen) atoms. The molecule has 0 fully saturated rings. The third-order valence-electron chi connectivity index (χ3n) is 4.86. The number of ether oxygens (including phenoxy) is 2. The van der Waals surface area contributed by atoms with E-state index in [1.165, 1.54) is 18.7 Å². The van der Waals surface area contributed by atoms with Crippen LogP contribution in [0.2, 0.25) is 0 Å². The van der Waals surface area contributed by atoms with E-state index < -0.39 is 23.1 Å². The zero-order valence-corrected chi connectivity index (χ0v) is 15.9. The molecule has 0 bridgehead atoms. The Morgan fingerprint density at radius 1 is 1.32 bits per heavy atom. The van der Waals surface area contributed by atoms with E-state index in [9.17, 15) is 14.4 Å². The highest BCUT2D eigenvalue weighted by Crippen LogP contribution is 2.54. The fourth-order valence-corrected chi connectivity index (χ4v) is 3.99. The van der Waals surface area contributed by atoms with Gasteiger partial charge in [-0.05, 0) is 26.8 Å². The third kappa shape index (κ3) is 2.42. The number of esters is 1. The number of Topliss-reactive ketones (excluding diaryl/α,β-unsaturated/α-hetero) is 1. The van der Waals surface area contributed by atoms with Crippen LogP contribution in [0.3, 0.4) is 0 Å². The number of carbonyl (C=O) groups excluding carboxylic acids is 3. The number of carbonyl (C=O) groups is 3. The van der Waals surface area contributed by atoms with Crippen LogP contribution in [0.4, 0.5) is 5.69 Å². The molecule has 0 aliphatic carbocycles. The molecule has 1 aromatic rings. The zero-order chi connectivity index (χ0) is 20.6. The van der Waals surface area contributed by atoms with E-state index in [1.54, 1.807) is 31.2 Å². The molecule has 1 atom stereocenters. The highest BCUT2D eigenvalue weighted by molar-refractivity contribution is 6.23. The van der Waals surface area contributed by atoms with Gasteiger partial charge in [0.05, 0.1) is 18.7 Å². The van der Waals surface area contributed by atoms with E-state index in [0.717, 1.165) is 0 Å². The van der Waals surface area contributed by atoms with Gasteiger partial charge in [0, 0.05) is 11.3 Å². The maximum absolute atomic E-state index is 13.7. The first kappa shape index (κ1) is 19.2. The molecule has 0 aromatic heterocycles. The molecule has 1 aromatic carbocycles. The highest BCUT2D eigenvalue weighted by Gasteiger charge is 2.62. The standard InChI is InChI=1S/C21H20N2O5/c1-5-11-23-15-10-8-7-9-14(15)21(20(23)26)16(12(3)24)13(4)28-18(22)17(21)19(25)27-6-2/h1,7-10H,6,11,22H2,2-4H3. The summed E-state index contributed by atoms with van der Waals surface area (Å²) in [5.74, 6) is 0.555. The first-order valence-electron chi connectivity index (χ1n) is 8.74. The molecule has 0 saturated heterocycles. The molecule has 144 valence electrons. The Labute approximate surface area is 162 Å². The van der Waals surface area contributed by atoms with Gasteiger partial charge >= 0.3 is 5.97 Å². The number of nitrogens with zero attached hydrogens (tertiary/aromatic N) is 1. The number of terminal acetylenes is 1. The number of fused-ring (bicyclic) bond motifs is 2. The van der Waals surface area contributed by atoms with Crippen molar-refractivity contribution >= 4 is 23.3 Å². The monoisotopic (exact) mass is 380 g/mol. The van der Waals surface area contributed by atoms with Crippen molar-refractivity contribution in [1.82, 2.24) is 0 Å². The van der Waals surface area contributed by atoms with Crippen molar-refractivity contribution in [2.75, 3.05) is 18.1 Å². The number of anilines is 1. The molecule has 2 aliphatic rings. The minimum Gasteiger partial charge on any atom is -0.462 e. The second-order valence-corrected chi connectivity index (χ2v) is 6.41. The first-order chi connectivity index (χ1) is 13.3. The summed E-state index contributed by atoms with van der Waals surface area (Å²) in [6, 6.07) is 6.85. The van der Waals surface area contributed by atoms with Gasteiger partial charge in [-0.2, -0.15) is 0 Å². The van der Waals surface area contributed by atoms with Crippen LogP contribution in [-0.2, 0) is 29.3 Å². The number of benzene rings is 1. The predicted octanol–water partition coefficient (Wildman–Crippen LogP) is 1.53. The summed E-state index contributed by atoms with van der Waals surface area (Å²) in [4.78, 5) is 40.6. The number of hydrogen-bond acceptors (Lipinski definition) is 6. The Kier molecular flexibility index (Phi) is 4.73. The van der Waals surface area contributed by atoms with Crippen molar-refractivity contribution in [1.29, 1.82) is 0 Å². The fourth-order valence-electron chi connectivity index (χ4n) is 3.99. The lowest BCUT2D eigenvalue weighted by molar-refractivity contribution is -0.141. The highest BCUT2D eigenvalue weighted by atomic mass is 16.5. The van der Waals surface area contributed by atoms with Gasteiger partial charge in [-0.15, -0.1) is 6.42 Å². The SMILES string of the molecule is C#CCN1C(=O)C2(C(C(C)=O)=C(C)OC(N)=C2C(=O)OCC)c2ccccc21. The molecule has 7 nitrogen and oxygen atoms in total. The third-order valence-corrected chi connectivity index (χ3v) is 4.86. The van der Waals surface area contributed by atoms with Crippen LogP contribution >= 0.6 is 0 Å². The predicted molar refractivity (Wildman–Crippen MR) is 102 cm³/mol. The van der Waals surface area contributed by atoms with E-state index in [1.807, 2.05) is 0 Å². The number of nitrogens with two attached hydrogens (primary N) is 1. The molecule has 7 heteroatoms. The number of ketones is 1. The number of hydrogen-bond donors (Lipinski definition) is 1. The zero-order valence-electron chi connectivity index (χ0n) is 15.9. The van der Waals surface area contributed by atoms with Crippen molar-refractivity contribution in [3.05, 3.63) is 52.6 Å². The summed E-state index contributed by atoms with van der Waals surface area (Å²) < 4.78 is 10.6. The summed E-state index contributed by atoms with van der Waals surface area (Å²) in [5.41, 5.74) is 5.07. The maximum atomic E-state index is 13.7. The van der Waals surface area contributed by atoms with Gasteiger partial charge < -0.3 is 15.2 Å². The Bertz CT molecular complexity index is 998. The van der Waals surface area contributed by atoms with E-state index >= 15 is 0 Å². The Balaban J connectivity index is 2.45. The lowest BCUT2D eigenvalue weighted by Gasteiger charge is -2.36. The molecule has 0 saturated carbocycles. The molecule has 2 heterocycles.